The van der Waals surface area contributed by atoms with Crippen molar-refractivity contribution in [2.75, 3.05) is 38.0 Å². The Balaban J connectivity index is 1.74. The third kappa shape index (κ3) is 3.90. The van der Waals surface area contributed by atoms with Crippen LogP contribution in [0.25, 0.3) is 0 Å². The normalized spacial score (nSPS) is 15.4. The summed E-state index contributed by atoms with van der Waals surface area (Å²) in [5.41, 5.74) is -0.142. The molecule has 0 aliphatic carbocycles. The van der Waals surface area contributed by atoms with E-state index in [9.17, 15) is 19.2 Å². The van der Waals surface area contributed by atoms with Crippen molar-refractivity contribution in [2.24, 2.45) is 0 Å². The highest BCUT2D eigenvalue weighted by Crippen LogP contribution is 2.34. The second-order valence-electron chi connectivity index (χ2n) is 6.70. The number of hydrogen-bond donors (Lipinski definition) is 3. The molecule has 0 saturated carbocycles. The van der Waals surface area contributed by atoms with Crippen LogP contribution in [0.5, 0.6) is 5.75 Å². The molecule has 3 rings (SSSR count). The Morgan fingerprint density at radius 3 is 2.75 bits per heavy atom. The summed E-state index contributed by atoms with van der Waals surface area (Å²) in [5, 5.41) is 2.48. The summed E-state index contributed by atoms with van der Waals surface area (Å²) < 4.78 is 5.73. The predicted octanol–water partition coefficient (Wildman–Crippen LogP) is -0.00900. The van der Waals surface area contributed by atoms with E-state index in [0.29, 0.717) is 17.0 Å². The van der Waals surface area contributed by atoms with Gasteiger partial charge in [0.1, 0.15) is 18.0 Å². The first-order valence-corrected chi connectivity index (χ1v) is 8.59. The van der Waals surface area contributed by atoms with E-state index >= 15 is 0 Å². The Morgan fingerprint density at radius 1 is 1.32 bits per heavy atom. The third-order valence-corrected chi connectivity index (χ3v) is 4.49. The Hall–Kier alpha value is -3.56. The maximum Gasteiger partial charge on any atom is 0.325 e. The molecular weight excluding hydrogens is 366 g/mol. The Morgan fingerprint density at radius 2 is 2.07 bits per heavy atom. The second-order valence-corrected chi connectivity index (χ2v) is 6.70. The number of aromatic nitrogens is 2. The Labute approximate surface area is 160 Å². The number of likely N-dealkylation sites (N-methyl/N-ethyl adjacent to an activating group) is 1. The smallest absolute Gasteiger partial charge is 0.325 e. The van der Waals surface area contributed by atoms with Crippen LogP contribution in [0, 0.1) is 0 Å². The van der Waals surface area contributed by atoms with Crippen LogP contribution in [0.15, 0.2) is 34.0 Å². The van der Waals surface area contributed by atoms with Gasteiger partial charge in [-0.3, -0.25) is 19.4 Å². The van der Waals surface area contributed by atoms with Crippen molar-refractivity contribution in [2.45, 2.75) is 12.5 Å². The molecule has 1 aliphatic rings. The number of fused-ring (bicyclic) bond motifs is 1. The van der Waals surface area contributed by atoms with Gasteiger partial charge in [0.2, 0.25) is 5.91 Å². The van der Waals surface area contributed by atoms with Gasteiger partial charge in [-0.2, -0.15) is 0 Å². The SMILES string of the molecule is CN(C)C(=O)c1ccc2c(c1)N(C)[C@H](CC(=O)Nc1c[nH]c(=O)[nH]c1=O)CO2. The molecule has 1 aromatic carbocycles. The number of benzene rings is 1. The van der Waals surface area contributed by atoms with Crippen LogP contribution in [0.4, 0.5) is 11.4 Å². The number of ether oxygens (including phenoxy) is 1. The van der Waals surface area contributed by atoms with Gasteiger partial charge in [-0.15, -0.1) is 0 Å². The molecule has 2 amide bonds. The molecule has 0 spiro atoms. The molecule has 0 bridgehead atoms. The van der Waals surface area contributed by atoms with Crippen LogP contribution in [-0.2, 0) is 4.79 Å². The minimum absolute atomic E-state index is 0.0387. The van der Waals surface area contributed by atoms with Gasteiger partial charge >= 0.3 is 5.69 Å². The van der Waals surface area contributed by atoms with Crippen molar-refractivity contribution < 1.29 is 14.3 Å². The molecule has 10 nitrogen and oxygen atoms in total. The lowest BCUT2D eigenvalue weighted by atomic mass is 10.1. The largest absolute Gasteiger partial charge is 0.489 e. The Bertz CT molecular complexity index is 1030. The average molecular weight is 387 g/mol. The summed E-state index contributed by atoms with van der Waals surface area (Å²) in [6.07, 6.45) is 1.20. The van der Waals surface area contributed by atoms with Gasteiger partial charge in [0.25, 0.3) is 11.5 Å². The predicted molar refractivity (Wildman–Crippen MR) is 103 cm³/mol. The Kier molecular flexibility index (Phi) is 5.21. The fraction of sp³-hybridized carbons (Fsp3) is 0.333. The summed E-state index contributed by atoms with van der Waals surface area (Å²) in [4.78, 5) is 55.0. The molecule has 3 N–H and O–H groups in total. The van der Waals surface area contributed by atoms with Gasteiger partial charge in [-0.1, -0.05) is 0 Å². The summed E-state index contributed by atoms with van der Waals surface area (Å²) >= 11 is 0. The van der Waals surface area contributed by atoms with Crippen molar-refractivity contribution in [3.8, 4) is 5.75 Å². The van der Waals surface area contributed by atoms with Crippen LogP contribution in [0.2, 0.25) is 0 Å². The highest BCUT2D eigenvalue weighted by Gasteiger charge is 2.28. The lowest BCUT2D eigenvalue weighted by Crippen LogP contribution is -2.43. The summed E-state index contributed by atoms with van der Waals surface area (Å²) in [6, 6.07) is 4.87. The van der Waals surface area contributed by atoms with Crippen LogP contribution >= 0.6 is 0 Å². The van der Waals surface area contributed by atoms with Gasteiger partial charge < -0.3 is 24.8 Å². The van der Waals surface area contributed by atoms with Gasteiger partial charge in [0, 0.05) is 32.9 Å². The van der Waals surface area contributed by atoms with E-state index < -0.39 is 17.2 Å². The number of hydrogen-bond acceptors (Lipinski definition) is 6. The van der Waals surface area contributed by atoms with Crippen molar-refractivity contribution in [3.63, 3.8) is 0 Å². The molecule has 1 aliphatic heterocycles. The maximum atomic E-state index is 12.3. The minimum atomic E-state index is -0.678. The molecule has 0 fully saturated rings. The standard InChI is InChI=1S/C18H21N5O5/c1-22(2)17(26)10-4-5-14-13(6-10)23(3)11(9-28-14)7-15(24)20-12-8-19-18(27)21-16(12)25/h4-6,8,11H,7,9H2,1-3H3,(H,20,24)(H2,19,21,25,27)/t11-/m1/s1. The molecule has 0 unspecified atom stereocenters. The number of nitrogens with zero attached hydrogens (tertiary/aromatic N) is 2. The third-order valence-electron chi connectivity index (χ3n) is 4.49. The second kappa shape index (κ2) is 7.59. The first-order valence-electron chi connectivity index (χ1n) is 8.59. The van der Waals surface area contributed by atoms with Crippen LogP contribution < -0.4 is 26.2 Å². The van der Waals surface area contributed by atoms with E-state index in [0.717, 1.165) is 6.20 Å². The van der Waals surface area contributed by atoms with Crippen LogP contribution in [-0.4, -0.2) is 60.5 Å². The number of nitrogens with one attached hydrogen (secondary N) is 3. The number of rotatable bonds is 4. The number of amides is 2. The molecule has 148 valence electrons. The van der Waals surface area contributed by atoms with E-state index in [2.05, 4.69) is 10.3 Å². The fourth-order valence-electron chi connectivity index (χ4n) is 2.91. The zero-order chi connectivity index (χ0) is 20.4. The monoisotopic (exact) mass is 387 g/mol. The van der Waals surface area contributed by atoms with E-state index in [1.165, 1.54) is 4.90 Å². The van der Waals surface area contributed by atoms with E-state index in [4.69, 9.17) is 4.74 Å². The zero-order valence-electron chi connectivity index (χ0n) is 15.7. The van der Waals surface area contributed by atoms with E-state index in [-0.39, 0.29) is 30.7 Å². The van der Waals surface area contributed by atoms with E-state index in [1.807, 2.05) is 16.9 Å². The molecule has 10 heteroatoms. The van der Waals surface area contributed by atoms with Crippen molar-refractivity contribution >= 4 is 23.2 Å². The van der Waals surface area contributed by atoms with Crippen LogP contribution in [0.3, 0.4) is 0 Å². The molecule has 0 saturated heterocycles. The molecule has 2 heterocycles. The van der Waals surface area contributed by atoms with Gasteiger partial charge in [0.05, 0.1) is 18.2 Å². The summed E-state index contributed by atoms with van der Waals surface area (Å²) in [6.45, 7) is 0.278. The number of carbonyl (C=O) groups is 2. The first-order chi connectivity index (χ1) is 13.3. The lowest BCUT2D eigenvalue weighted by Gasteiger charge is -2.35. The highest BCUT2D eigenvalue weighted by atomic mass is 16.5. The topological polar surface area (TPSA) is 128 Å². The average Bonchev–Trinajstić information content (AvgIpc) is 2.65. The van der Waals surface area contributed by atoms with Crippen LogP contribution in [0.1, 0.15) is 16.8 Å². The number of aromatic amines is 2. The number of carbonyl (C=O) groups excluding carboxylic acids is 2. The van der Waals surface area contributed by atoms with Gasteiger partial charge in [-0.25, -0.2) is 4.79 Å². The van der Waals surface area contributed by atoms with Crippen molar-refractivity contribution in [1.29, 1.82) is 0 Å². The quantitative estimate of drug-likeness (QED) is 0.677. The summed E-state index contributed by atoms with van der Waals surface area (Å²) in [7, 11) is 5.16. The van der Waals surface area contributed by atoms with E-state index in [1.54, 1.807) is 32.3 Å². The summed E-state index contributed by atoms with van der Waals surface area (Å²) in [5.74, 6) is 0.0990. The molecule has 2 aromatic rings. The van der Waals surface area contributed by atoms with Gasteiger partial charge in [0.15, 0.2) is 0 Å². The minimum Gasteiger partial charge on any atom is -0.489 e. The molecule has 0 radical (unpaired) electrons. The first kappa shape index (κ1) is 19.2. The van der Waals surface area contributed by atoms with Gasteiger partial charge in [-0.05, 0) is 18.2 Å². The maximum absolute atomic E-state index is 12.3. The molecule has 1 aromatic heterocycles. The molecule has 28 heavy (non-hydrogen) atoms. The highest BCUT2D eigenvalue weighted by molar-refractivity contribution is 5.95. The number of anilines is 2. The van der Waals surface area contributed by atoms with Crippen molar-refractivity contribution in [1.82, 2.24) is 14.9 Å². The fourth-order valence-corrected chi connectivity index (χ4v) is 2.91. The molecule has 1 atom stereocenters. The number of H-pyrrole nitrogens is 2. The lowest BCUT2D eigenvalue weighted by molar-refractivity contribution is -0.116. The van der Waals surface area contributed by atoms with Crippen molar-refractivity contribution in [3.05, 3.63) is 50.8 Å². The molecular formula is C18H21N5O5. The zero-order valence-corrected chi connectivity index (χ0v) is 15.7.